The summed E-state index contributed by atoms with van der Waals surface area (Å²) in [4.78, 5) is 12.4. The van der Waals surface area contributed by atoms with Gasteiger partial charge in [-0.05, 0) is 30.2 Å². The molecule has 2 aromatic rings. The Balaban J connectivity index is 2.11. The Hall–Kier alpha value is -2.36. The van der Waals surface area contributed by atoms with Crippen molar-refractivity contribution in [3.8, 4) is 0 Å². The zero-order valence-corrected chi connectivity index (χ0v) is 10.3. The molecule has 0 aliphatic rings. The summed E-state index contributed by atoms with van der Waals surface area (Å²) in [7, 11) is 0. The number of rotatable bonds is 4. The third-order valence-corrected chi connectivity index (χ3v) is 2.82. The Kier molecular flexibility index (Phi) is 4.13. The molecule has 98 valence electrons. The van der Waals surface area contributed by atoms with Gasteiger partial charge in [0.05, 0.1) is 0 Å². The lowest BCUT2D eigenvalue weighted by Gasteiger charge is -2.19. The summed E-state index contributed by atoms with van der Waals surface area (Å²) in [5, 5.41) is 9.20. The fraction of sp³-hybridized carbons (Fsp3) is 0.133. The SMILES string of the molecule is O=C(O)N(CCc1ccccc1)c1cccc(F)c1. The second kappa shape index (κ2) is 6.00. The Bertz CT molecular complexity index is 557. The maximum atomic E-state index is 13.1. The standard InChI is InChI=1S/C15H14FNO2/c16-13-7-4-8-14(11-13)17(15(18)19)10-9-12-5-2-1-3-6-12/h1-8,11H,9-10H2,(H,18,19). The van der Waals surface area contributed by atoms with Gasteiger partial charge in [-0.15, -0.1) is 0 Å². The average Bonchev–Trinajstić information content (AvgIpc) is 2.40. The molecule has 0 fully saturated rings. The predicted octanol–water partition coefficient (Wildman–Crippen LogP) is 3.55. The van der Waals surface area contributed by atoms with Gasteiger partial charge in [0.1, 0.15) is 5.82 Å². The minimum atomic E-state index is -1.08. The Morgan fingerprint density at radius 1 is 1.11 bits per heavy atom. The first-order chi connectivity index (χ1) is 9.16. The number of benzene rings is 2. The maximum absolute atomic E-state index is 13.1. The molecule has 3 nitrogen and oxygen atoms in total. The largest absolute Gasteiger partial charge is 0.465 e. The lowest BCUT2D eigenvalue weighted by Crippen LogP contribution is -2.31. The summed E-state index contributed by atoms with van der Waals surface area (Å²) in [6, 6.07) is 15.2. The molecule has 0 heterocycles. The van der Waals surface area contributed by atoms with Crippen LogP contribution in [0, 0.1) is 5.82 Å². The molecule has 2 aromatic carbocycles. The van der Waals surface area contributed by atoms with Gasteiger partial charge >= 0.3 is 6.09 Å². The monoisotopic (exact) mass is 259 g/mol. The van der Waals surface area contributed by atoms with E-state index in [1.165, 1.54) is 18.2 Å². The molecule has 0 aromatic heterocycles. The number of halogens is 1. The number of carbonyl (C=O) groups is 1. The van der Waals surface area contributed by atoms with Crippen molar-refractivity contribution in [1.82, 2.24) is 0 Å². The van der Waals surface area contributed by atoms with Crippen molar-refractivity contribution < 1.29 is 14.3 Å². The summed E-state index contributed by atoms with van der Waals surface area (Å²) in [6.07, 6.45) is -0.495. The molecule has 1 amide bonds. The van der Waals surface area contributed by atoms with E-state index in [0.717, 1.165) is 10.5 Å². The number of anilines is 1. The minimum Gasteiger partial charge on any atom is -0.465 e. The van der Waals surface area contributed by atoms with E-state index in [-0.39, 0.29) is 0 Å². The molecule has 0 unspecified atom stereocenters. The van der Waals surface area contributed by atoms with Crippen molar-refractivity contribution in [2.24, 2.45) is 0 Å². The van der Waals surface area contributed by atoms with Crippen molar-refractivity contribution >= 4 is 11.8 Å². The summed E-state index contributed by atoms with van der Waals surface area (Å²) in [5.41, 5.74) is 1.40. The molecule has 0 saturated carbocycles. The number of nitrogens with zero attached hydrogens (tertiary/aromatic N) is 1. The van der Waals surface area contributed by atoms with Crippen molar-refractivity contribution in [3.63, 3.8) is 0 Å². The van der Waals surface area contributed by atoms with Gasteiger partial charge in [0.15, 0.2) is 0 Å². The fourth-order valence-electron chi connectivity index (χ4n) is 1.86. The molecule has 0 aliphatic heterocycles. The first-order valence-electron chi connectivity index (χ1n) is 5.97. The normalized spacial score (nSPS) is 10.2. The van der Waals surface area contributed by atoms with Crippen LogP contribution in [0.3, 0.4) is 0 Å². The third kappa shape index (κ3) is 3.55. The molecular weight excluding hydrogens is 245 g/mol. The van der Waals surface area contributed by atoms with Gasteiger partial charge in [0.2, 0.25) is 0 Å². The summed E-state index contributed by atoms with van der Waals surface area (Å²) < 4.78 is 13.1. The predicted molar refractivity (Wildman–Crippen MR) is 71.9 cm³/mol. The van der Waals surface area contributed by atoms with Gasteiger partial charge in [0.25, 0.3) is 0 Å². The molecule has 0 saturated heterocycles. The van der Waals surface area contributed by atoms with Crippen molar-refractivity contribution in [1.29, 1.82) is 0 Å². The van der Waals surface area contributed by atoms with Gasteiger partial charge in [-0.3, -0.25) is 4.90 Å². The Morgan fingerprint density at radius 2 is 1.84 bits per heavy atom. The van der Waals surface area contributed by atoms with E-state index in [1.54, 1.807) is 6.07 Å². The highest BCUT2D eigenvalue weighted by molar-refractivity contribution is 5.85. The lowest BCUT2D eigenvalue weighted by atomic mass is 10.1. The van der Waals surface area contributed by atoms with Gasteiger partial charge in [-0.2, -0.15) is 0 Å². The van der Waals surface area contributed by atoms with Crippen LogP contribution in [-0.2, 0) is 6.42 Å². The van der Waals surface area contributed by atoms with Crippen LogP contribution in [0.25, 0.3) is 0 Å². The summed E-state index contributed by atoms with van der Waals surface area (Å²) in [5.74, 6) is -0.441. The quantitative estimate of drug-likeness (QED) is 0.912. The number of amides is 1. The molecule has 1 N–H and O–H groups in total. The van der Waals surface area contributed by atoms with E-state index in [9.17, 15) is 14.3 Å². The molecular formula is C15H14FNO2. The van der Waals surface area contributed by atoms with Crippen LogP contribution < -0.4 is 4.90 Å². The van der Waals surface area contributed by atoms with E-state index >= 15 is 0 Å². The van der Waals surface area contributed by atoms with Crippen LogP contribution in [0.5, 0.6) is 0 Å². The summed E-state index contributed by atoms with van der Waals surface area (Å²) >= 11 is 0. The van der Waals surface area contributed by atoms with E-state index in [4.69, 9.17) is 0 Å². The van der Waals surface area contributed by atoms with Crippen LogP contribution in [0.1, 0.15) is 5.56 Å². The average molecular weight is 259 g/mol. The molecule has 2 rings (SSSR count). The van der Waals surface area contributed by atoms with Crippen molar-refractivity contribution in [2.75, 3.05) is 11.4 Å². The first-order valence-corrected chi connectivity index (χ1v) is 5.97. The fourth-order valence-corrected chi connectivity index (χ4v) is 1.86. The van der Waals surface area contributed by atoms with E-state index in [1.807, 2.05) is 30.3 Å². The molecule has 0 spiro atoms. The molecule has 0 atom stereocenters. The smallest absolute Gasteiger partial charge is 0.411 e. The molecule has 0 aliphatic carbocycles. The van der Waals surface area contributed by atoms with Gasteiger partial charge in [-0.25, -0.2) is 9.18 Å². The topological polar surface area (TPSA) is 40.5 Å². The highest BCUT2D eigenvalue weighted by atomic mass is 19.1. The second-order valence-corrected chi connectivity index (χ2v) is 4.15. The van der Waals surface area contributed by atoms with Gasteiger partial charge in [-0.1, -0.05) is 36.4 Å². The van der Waals surface area contributed by atoms with Gasteiger partial charge < -0.3 is 5.11 Å². The zero-order chi connectivity index (χ0) is 13.7. The molecule has 0 bridgehead atoms. The Labute approximate surface area is 110 Å². The van der Waals surface area contributed by atoms with E-state index in [2.05, 4.69) is 0 Å². The number of hydrogen-bond donors (Lipinski definition) is 1. The molecule has 4 heteroatoms. The van der Waals surface area contributed by atoms with Crippen LogP contribution in [0.4, 0.5) is 14.9 Å². The first kappa shape index (κ1) is 13.1. The van der Waals surface area contributed by atoms with Crippen LogP contribution >= 0.6 is 0 Å². The lowest BCUT2D eigenvalue weighted by molar-refractivity contribution is 0.202. The van der Waals surface area contributed by atoms with Crippen LogP contribution in [0.2, 0.25) is 0 Å². The van der Waals surface area contributed by atoms with Crippen molar-refractivity contribution in [3.05, 3.63) is 66.0 Å². The number of carboxylic acid groups (broad SMARTS) is 1. The van der Waals surface area contributed by atoms with E-state index < -0.39 is 11.9 Å². The van der Waals surface area contributed by atoms with Crippen LogP contribution in [0.15, 0.2) is 54.6 Å². The molecule has 0 radical (unpaired) electrons. The summed E-state index contributed by atoms with van der Waals surface area (Å²) in [6.45, 7) is 0.294. The molecule has 19 heavy (non-hydrogen) atoms. The van der Waals surface area contributed by atoms with E-state index in [0.29, 0.717) is 18.7 Å². The number of hydrogen-bond acceptors (Lipinski definition) is 1. The van der Waals surface area contributed by atoms with Gasteiger partial charge in [0, 0.05) is 12.2 Å². The van der Waals surface area contributed by atoms with Crippen LogP contribution in [-0.4, -0.2) is 17.7 Å². The Morgan fingerprint density at radius 3 is 2.47 bits per heavy atom. The highest BCUT2D eigenvalue weighted by Gasteiger charge is 2.14. The highest BCUT2D eigenvalue weighted by Crippen LogP contribution is 2.16. The minimum absolute atomic E-state index is 0.294. The maximum Gasteiger partial charge on any atom is 0.411 e. The third-order valence-electron chi connectivity index (χ3n) is 2.82. The second-order valence-electron chi connectivity index (χ2n) is 4.15. The van der Waals surface area contributed by atoms with Crippen molar-refractivity contribution in [2.45, 2.75) is 6.42 Å². The zero-order valence-electron chi connectivity index (χ0n) is 10.3.